The molecule has 0 aliphatic carbocycles. The van der Waals surface area contributed by atoms with Gasteiger partial charge in [0.25, 0.3) is 0 Å². The van der Waals surface area contributed by atoms with Crippen molar-refractivity contribution in [2.75, 3.05) is 6.54 Å². The highest BCUT2D eigenvalue weighted by atomic mass is 79.9. The highest BCUT2D eigenvalue weighted by Crippen LogP contribution is 2.23. The molecule has 4 nitrogen and oxygen atoms in total. The van der Waals surface area contributed by atoms with Gasteiger partial charge < -0.3 is 5.73 Å². The Labute approximate surface area is 111 Å². The Morgan fingerprint density at radius 1 is 1.41 bits per heavy atom. The summed E-state index contributed by atoms with van der Waals surface area (Å²) in [5.41, 5.74) is 6.38. The lowest BCUT2D eigenvalue weighted by Crippen LogP contribution is -2.25. The van der Waals surface area contributed by atoms with E-state index in [9.17, 15) is 8.42 Å². The third-order valence-corrected chi connectivity index (χ3v) is 4.78. The molecule has 1 aromatic carbocycles. The van der Waals surface area contributed by atoms with Gasteiger partial charge in [-0.3, -0.25) is 0 Å². The number of nitrogens with two attached hydrogens (primary N) is 1. The maximum Gasteiger partial charge on any atom is 0.241 e. The van der Waals surface area contributed by atoms with Crippen molar-refractivity contribution < 1.29 is 8.42 Å². The standard InChI is InChI=1S/C11H17BrN2O2S/c1-2-3-6-14-17(15,16)11-5-4-9(8-13)7-10(11)12/h4-5,7,14H,2-3,6,8,13H2,1H3. The Kier molecular flexibility index (Phi) is 5.58. The third kappa shape index (κ3) is 4.06. The lowest BCUT2D eigenvalue weighted by atomic mass is 10.2. The van der Waals surface area contributed by atoms with Crippen molar-refractivity contribution in [1.82, 2.24) is 4.72 Å². The Balaban J connectivity index is 2.91. The van der Waals surface area contributed by atoms with Gasteiger partial charge in [0.1, 0.15) is 0 Å². The molecule has 0 saturated heterocycles. The summed E-state index contributed by atoms with van der Waals surface area (Å²) in [5, 5.41) is 0. The molecule has 96 valence electrons. The van der Waals surface area contributed by atoms with E-state index >= 15 is 0 Å². The van der Waals surface area contributed by atoms with Gasteiger partial charge in [-0.25, -0.2) is 13.1 Å². The largest absolute Gasteiger partial charge is 0.326 e. The van der Waals surface area contributed by atoms with Crippen molar-refractivity contribution in [2.24, 2.45) is 5.73 Å². The molecule has 0 aromatic heterocycles. The van der Waals surface area contributed by atoms with E-state index in [4.69, 9.17) is 5.73 Å². The van der Waals surface area contributed by atoms with E-state index < -0.39 is 10.0 Å². The summed E-state index contributed by atoms with van der Waals surface area (Å²) in [6.45, 7) is 2.87. The summed E-state index contributed by atoms with van der Waals surface area (Å²) in [6.07, 6.45) is 1.79. The minimum Gasteiger partial charge on any atom is -0.326 e. The first-order valence-corrected chi connectivity index (χ1v) is 7.77. The van der Waals surface area contributed by atoms with Gasteiger partial charge in [-0.05, 0) is 40.0 Å². The normalized spacial score (nSPS) is 11.7. The lowest BCUT2D eigenvalue weighted by Gasteiger charge is -2.09. The first-order chi connectivity index (χ1) is 8.01. The van der Waals surface area contributed by atoms with Gasteiger partial charge in [-0.15, -0.1) is 0 Å². The van der Waals surface area contributed by atoms with E-state index in [-0.39, 0.29) is 4.90 Å². The Hall–Kier alpha value is -0.430. The van der Waals surface area contributed by atoms with E-state index in [1.165, 1.54) is 0 Å². The van der Waals surface area contributed by atoms with E-state index in [2.05, 4.69) is 20.7 Å². The number of halogens is 1. The summed E-state index contributed by atoms with van der Waals surface area (Å²) < 4.78 is 27.0. The van der Waals surface area contributed by atoms with Crippen molar-refractivity contribution in [3.63, 3.8) is 0 Å². The molecule has 17 heavy (non-hydrogen) atoms. The molecule has 0 unspecified atom stereocenters. The van der Waals surface area contributed by atoms with Crippen molar-refractivity contribution >= 4 is 26.0 Å². The molecular formula is C11H17BrN2O2S. The molecule has 0 heterocycles. The maximum atomic E-state index is 12.0. The fourth-order valence-corrected chi connectivity index (χ4v) is 3.55. The predicted octanol–water partition coefficient (Wildman–Crippen LogP) is 1.99. The minimum absolute atomic E-state index is 0.255. The van der Waals surface area contributed by atoms with Gasteiger partial charge in [0.05, 0.1) is 4.90 Å². The van der Waals surface area contributed by atoms with Crippen LogP contribution in [0.4, 0.5) is 0 Å². The Morgan fingerprint density at radius 2 is 2.12 bits per heavy atom. The minimum atomic E-state index is -3.43. The van der Waals surface area contributed by atoms with Crippen LogP contribution in [0.25, 0.3) is 0 Å². The molecule has 1 aromatic rings. The number of unbranched alkanes of at least 4 members (excludes halogenated alkanes) is 1. The second-order valence-corrected chi connectivity index (χ2v) is 6.31. The summed E-state index contributed by atoms with van der Waals surface area (Å²) in [7, 11) is -3.43. The summed E-state index contributed by atoms with van der Waals surface area (Å²) in [6, 6.07) is 5.02. The second-order valence-electron chi connectivity index (χ2n) is 3.72. The van der Waals surface area contributed by atoms with Crippen molar-refractivity contribution in [2.45, 2.75) is 31.2 Å². The highest BCUT2D eigenvalue weighted by molar-refractivity contribution is 9.10. The fraction of sp³-hybridized carbons (Fsp3) is 0.455. The van der Waals surface area contributed by atoms with Gasteiger partial charge >= 0.3 is 0 Å². The van der Waals surface area contributed by atoms with Crippen LogP contribution in [0.2, 0.25) is 0 Å². The van der Waals surface area contributed by atoms with Crippen LogP contribution in [0.15, 0.2) is 27.6 Å². The van der Waals surface area contributed by atoms with Crippen LogP contribution >= 0.6 is 15.9 Å². The van der Waals surface area contributed by atoms with E-state index in [0.717, 1.165) is 18.4 Å². The zero-order valence-corrected chi connectivity index (χ0v) is 12.1. The third-order valence-electron chi connectivity index (χ3n) is 2.34. The van der Waals surface area contributed by atoms with Crippen LogP contribution in [0.5, 0.6) is 0 Å². The van der Waals surface area contributed by atoms with Crippen LogP contribution < -0.4 is 10.5 Å². The van der Waals surface area contributed by atoms with Gasteiger partial charge in [-0.2, -0.15) is 0 Å². The van der Waals surface area contributed by atoms with Crippen molar-refractivity contribution in [3.05, 3.63) is 28.2 Å². The first kappa shape index (κ1) is 14.6. The zero-order chi connectivity index (χ0) is 12.9. The van der Waals surface area contributed by atoms with Gasteiger partial charge in [0, 0.05) is 17.6 Å². The molecule has 0 amide bonds. The van der Waals surface area contributed by atoms with Crippen molar-refractivity contribution in [3.8, 4) is 0 Å². The fourth-order valence-electron chi connectivity index (χ4n) is 1.35. The SMILES string of the molecule is CCCCNS(=O)(=O)c1ccc(CN)cc1Br. The van der Waals surface area contributed by atoms with E-state index in [1.807, 2.05) is 6.92 Å². The molecule has 6 heteroatoms. The molecule has 0 fully saturated rings. The van der Waals surface area contributed by atoms with Crippen LogP contribution in [0.3, 0.4) is 0 Å². The average Bonchev–Trinajstić information content (AvgIpc) is 2.28. The molecule has 0 aliphatic rings. The van der Waals surface area contributed by atoms with Crippen LogP contribution in [0.1, 0.15) is 25.3 Å². The second kappa shape index (κ2) is 6.49. The van der Waals surface area contributed by atoms with Crippen LogP contribution in [-0.4, -0.2) is 15.0 Å². The maximum absolute atomic E-state index is 12.0. The molecular weight excluding hydrogens is 304 g/mol. The van der Waals surface area contributed by atoms with Gasteiger partial charge in [0.2, 0.25) is 10.0 Å². The number of hydrogen-bond acceptors (Lipinski definition) is 3. The molecule has 0 atom stereocenters. The van der Waals surface area contributed by atoms with Crippen LogP contribution in [-0.2, 0) is 16.6 Å². The molecule has 0 spiro atoms. The molecule has 3 N–H and O–H groups in total. The number of hydrogen-bond donors (Lipinski definition) is 2. The summed E-state index contributed by atoms with van der Waals surface area (Å²) >= 11 is 3.26. The predicted molar refractivity (Wildman–Crippen MR) is 72.1 cm³/mol. The average molecular weight is 321 g/mol. The van der Waals surface area contributed by atoms with Crippen LogP contribution in [0, 0.1) is 0 Å². The molecule has 0 radical (unpaired) electrons. The van der Waals surface area contributed by atoms with Gasteiger partial charge in [-0.1, -0.05) is 19.4 Å². The monoisotopic (exact) mass is 320 g/mol. The molecule has 0 bridgehead atoms. The zero-order valence-electron chi connectivity index (χ0n) is 9.74. The molecule has 0 aliphatic heterocycles. The number of benzene rings is 1. The Bertz CT molecular complexity index is 474. The summed E-state index contributed by atoms with van der Waals surface area (Å²) in [5.74, 6) is 0. The lowest BCUT2D eigenvalue weighted by molar-refractivity contribution is 0.578. The highest BCUT2D eigenvalue weighted by Gasteiger charge is 2.16. The summed E-state index contributed by atoms with van der Waals surface area (Å²) in [4.78, 5) is 0.255. The number of sulfonamides is 1. The topological polar surface area (TPSA) is 72.2 Å². The Morgan fingerprint density at radius 3 is 2.65 bits per heavy atom. The smallest absolute Gasteiger partial charge is 0.241 e. The van der Waals surface area contributed by atoms with E-state index in [1.54, 1.807) is 18.2 Å². The van der Waals surface area contributed by atoms with Crippen molar-refractivity contribution in [1.29, 1.82) is 0 Å². The van der Waals surface area contributed by atoms with E-state index in [0.29, 0.717) is 17.6 Å². The molecule has 0 saturated carbocycles. The number of rotatable bonds is 6. The van der Waals surface area contributed by atoms with Gasteiger partial charge in [0.15, 0.2) is 0 Å². The molecule has 1 rings (SSSR count). The first-order valence-electron chi connectivity index (χ1n) is 5.49. The number of nitrogens with one attached hydrogen (secondary N) is 1. The quantitative estimate of drug-likeness (QED) is 0.787.